The Hall–Kier alpha value is -0.820. The third kappa shape index (κ3) is 1.48. The van der Waals surface area contributed by atoms with Crippen LogP contribution in [0.1, 0.15) is 50.2 Å². The maximum atomic E-state index is 9.87. The third-order valence-corrected chi connectivity index (χ3v) is 5.30. The first-order chi connectivity index (χ1) is 8.11. The van der Waals surface area contributed by atoms with Crippen LogP contribution in [-0.4, -0.2) is 11.7 Å². The number of fused-ring (bicyclic) bond motifs is 1. The van der Waals surface area contributed by atoms with Gasteiger partial charge in [0, 0.05) is 12.0 Å². The molecule has 1 heteroatoms. The zero-order valence-corrected chi connectivity index (χ0v) is 10.9. The molecule has 2 atom stereocenters. The Bertz CT molecular complexity index is 435. The Labute approximate surface area is 104 Å². The molecule has 0 saturated heterocycles. The van der Waals surface area contributed by atoms with Crippen LogP contribution >= 0.6 is 0 Å². The van der Waals surface area contributed by atoms with Crippen LogP contribution in [-0.2, 0) is 6.42 Å². The van der Waals surface area contributed by atoms with E-state index in [0.717, 1.165) is 0 Å². The molecule has 17 heavy (non-hydrogen) atoms. The first-order valence-electron chi connectivity index (χ1n) is 6.79. The summed E-state index contributed by atoms with van der Waals surface area (Å²) in [5.74, 6) is 0.576. The van der Waals surface area contributed by atoms with Crippen molar-refractivity contribution < 1.29 is 5.11 Å². The van der Waals surface area contributed by atoms with Crippen LogP contribution in [0.5, 0.6) is 0 Å². The molecule has 1 aromatic carbocycles. The fourth-order valence-corrected chi connectivity index (χ4v) is 4.05. The first-order valence-corrected chi connectivity index (χ1v) is 6.79. The molecule has 0 heterocycles. The van der Waals surface area contributed by atoms with Crippen LogP contribution in [0.2, 0.25) is 0 Å². The predicted octanol–water partition coefficient (Wildman–Crippen LogP) is 3.52. The van der Waals surface area contributed by atoms with Gasteiger partial charge >= 0.3 is 0 Å². The van der Waals surface area contributed by atoms with Crippen molar-refractivity contribution in [2.24, 2.45) is 10.8 Å². The third-order valence-electron chi connectivity index (χ3n) is 5.30. The summed E-state index contributed by atoms with van der Waals surface area (Å²) in [7, 11) is 0. The fourth-order valence-electron chi connectivity index (χ4n) is 4.05. The highest BCUT2D eigenvalue weighted by Crippen LogP contribution is 2.71. The minimum absolute atomic E-state index is 0.156. The summed E-state index contributed by atoms with van der Waals surface area (Å²) in [6.07, 6.45) is 4.92. The summed E-state index contributed by atoms with van der Waals surface area (Å²) in [4.78, 5) is 0. The topological polar surface area (TPSA) is 20.2 Å². The normalized spacial score (nSPS) is 34.2. The zero-order valence-electron chi connectivity index (χ0n) is 10.9. The molecule has 1 fully saturated rings. The van der Waals surface area contributed by atoms with E-state index in [0.29, 0.717) is 17.9 Å². The van der Waals surface area contributed by atoms with Gasteiger partial charge in [0.15, 0.2) is 0 Å². The SMILES string of the molecule is CC1(C)CC1(CO)C1CCCc2ccccc21. The van der Waals surface area contributed by atoms with Crippen molar-refractivity contribution in [3.05, 3.63) is 35.4 Å². The molecule has 0 radical (unpaired) electrons. The van der Waals surface area contributed by atoms with Crippen LogP contribution in [0.4, 0.5) is 0 Å². The molecule has 0 bridgehead atoms. The maximum Gasteiger partial charge on any atom is 0.0498 e. The molecule has 3 rings (SSSR count). The lowest BCUT2D eigenvalue weighted by molar-refractivity contribution is 0.145. The monoisotopic (exact) mass is 230 g/mol. The minimum Gasteiger partial charge on any atom is -0.396 e. The van der Waals surface area contributed by atoms with Crippen molar-refractivity contribution in [2.45, 2.75) is 45.4 Å². The molecule has 1 nitrogen and oxygen atoms in total. The van der Waals surface area contributed by atoms with E-state index < -0.39 is 0 Å². The lowest BCUT2D eigenvalue weighted by Crippen LogP contribution is -2.26. The van der Waals surface area contributed by atoms with Crippen molar-refractivity contribution in [1.82, 2.24) is 0 Å². The number of hydrogen-bond acceptors (Lipinski definition) is 1. The quantitative estimate of drug-likeness (QED) is 0.824. The second-order valence-electron chi connectivity index (χ2n) is 6.52. The van der Waals surface area contributed by atoms with Gasteiger partial charge in [-0.3, -0.25) is 0 Å². The highest BCUT2D eigenvalue weighted by molar-refractivity contribution is 5.37. The zero-order chi connectivity index (χ0) is 12.1. The molecule has 2 unspecified atom stereocenters. The van der Waals surface area contributed by atoms with Gasteiger partial charge in [0.2, 0.25) is 0 Å². The summed E-state index contributed by atoms with van der Waals surface area (Å²) < 4.78 is 0. The van der Waals surface area contributed by atoms with E-state index in [1.165, 1.54) is 36.8 Å². The van der Waals surface area contributed by atoms with Crippen molar-refractivity contribution in [3.8, 4) is 0 Å². The van der Waals surface area contributed by atoms with Crippen molar-refractivity contribution in [1.29, 1.82) is 0 Å². The molecule has 92 valence electrons. The van der Waals surface area contributed by atoms with E-state index in [1.54, 1.807) is 0 Å². The number of aliphatic hydroxyl groups is 1. The van der Waals surface area contributed by atoms with E-state index in [2.05, 4.69) is 38.1 Å². The summed E-state index contributed by atoms with van der Waals surface area (Å²) in [5.41, 5.74) is 3.50. The summed E-state index contributed by atoms with van der Waals surface area (Å²) in [5, 5.41) is 9.87. The van der Waals surface area contributed by atoms with E-state index in [4.69, 9.17) is 0 Å². The summed E-state index contributed by atoms with van der Waals surface area (Å²) in [6.45, 7) is 4.96. The number of aryl methyl sites for hydroxylation is 1. The second-order valence-corrected chi connectivity index (χ2v) is 6.52. The van der Waals surface area contributed by atoms with Gasteiger partial charge in [0.25, 0.3) is 0 Å². The molecule has 0 aromatic heterocycles. The van der Waals surface area contributed by atoms with Crippen molar-refractivity contribution in [3.63, 3.8) is 0 Å². The largest absolute Gasteiger partial charge is 0.396 e. The van der Waals surface area contributed by atoms with Crippen LogP contribution in [0.15, 0.2) is 24.3 Å². The Balaban J connectivity index is 2.01. The lowest BCUT2D eigenvalue weighted by Gasteiger charge is -2.34. The van der Waals surface area contributed by atoms with E-state index in [9.17, 15) is 5.11 Å². The summed E-state index contributed by atoms with van der Waals surface area (Å²) >= 11 is 0. The molecule has 1 N–H and O–H groups in total. The Morgan fingerprint density at radius 3 is 2.65 bits per heavy atom. The Kier molecular flexibility index (Phi) is 2.38. The first kappa shape index (κ1) is 11.3. The van der Waals surface area contributed by atoms with E-state index in [1.807, 2.05) is 0 Å². The average molecular weight is 230 g/mol. The van der Waals surface area contributed by atoms with Crippen molar-refractivity contribution in [2.75, 3.05) is 6.61 Å². The van der Waals surface area contributed by atoms with Crippen LogP contribution in [0, 0.1) is 10.8 Å². The molecule has 2 aliphatic rings. The maximum absolute atomic E-state index is 9.87. The van der Waals surface area contributed by atoms with Gasteiger partial charge < -0.3 is 5.11 Å². The van der Waals surface area contributed by atoms with Gasteiger partial charge in [-0.25, -0.2) is 0 Å². The second kappa shape index (κ2) is 3.58. The summed E-state index contributed by atoms with van der Waals surface area (Å²) in [6, 6.07) is 8.84. The standard InChI is InChI=1S/C16H22O/c1-15(2)10-16(15,11-17)14-9-5-7-12-6-3-4-8-13(12)14/h3-4,6,8,14,17H,5,7,9-11H2,1-2H3. The van der Waals surface area contributed by atoms with Gasteiger partial charge in [0.05, 0.1) is 0 Å². The fraction of sp³-hybridized carbons (Fsp3) is 0.625. The van der Waals surface area contributed by atoms with Gasteiger partial charge in [-0.05, 0) is 48.1 Å². The molecule has 0 aliphatic heterocycles. The van der Waals surface area contributed by atoms with Crippen molar-refractivity contribution >= 4 is 0 Å². The van der Waals surface area contributed by atoms with E-state index in [-0.39, 0.29) is 5.41 Å². The molecular weight excluding hydrogens is 208 g/mol. The highest BCUT2D eigenvalue weighted by Gasteiger charge is 2.64. The predicted molar refractivity (Wildman–Crippen MR) is 70.0 cm³/mol. The van der Waals surface area contributed by atoms with Gasteiger partial charge in [-0.15, -0.1) is 0 Å². The average Bonchev–Trinajstić information content (AvgIpc) is 2.92. The number of aliphatic hydroxyl groups excluding tert-OH is 1. The Morgan fingerprint density at radius 1 is 1.29 bits per heavy atom. The van der Waals surface area contributed by atoms with E-state index >= 15 is 0 Å². The molecule has 1 aromatic rings. The Morgan fingerprint density at radius 2 is 2.00 bits per heavy atom. The molecular formula is C16H22O. The van der Waals surface area contributed by atoms with Gasteiger partial charge in [-0.1, -0.05) is 38.1 Å². The highest BCUT2D eigenvalue weighted by atomic mass is 16.3. The number of benzene rings is 1. The molecule has 1 saturated carbocycles. The van der Waals surface area contributed by atoms with Gasteiger partial charge in [-0.2, -0.15) is 0 Å². The smallest absolute Gasteiger partial charge is 0.0498 e. The lowest BCUT2D eigenvalue weighted by atomic mass is 9.71. The molecule has 0 spiro atoms. The number of rotatable bonds is 2. The van der Waals surface area contributed by atoms with Crippen LogP contribution < -0.4 is 0 Å². The van der Waals surface area contributed by atoms with Gasteiger partial charge in [0.1, 0.15) is 0 Å². The van der Waals surface area contributed by atoms with Crippen LogP contribution in [0.3, 0.4) is 0 Å². The van der Waals surface area contributed by atoms with Crippen LogP contribution in [0.25, 0.3) is 0 Å². The molecule has 2 aliphatic carbocycles. The number of hydrogen-bond donors (Lipinski definition) is 1. The minimum atomic E-state index is 0.156. The molecule has 0 amide bonds.